The number of hydrogen-bond donors (Lipinski definition) is 2. The first-order valence-electron chi connectivity index (χ1n) is 7.64. The van der Waals surface area contributed by atoms with E-state index in [-0.39, 0.29) is 18.7 Å². The molecular formula is C16H21N3O2S. The number of thiazole rings is 1. The second-order valence-corrected chi connectivity index (χ2v) is 7.14. The van der Waals surface area contributed by atoms with Crippen molar-refractivity contribution in [2.75, 3.05) is 18.5 Å². The highest BCUT2D eigenvalue weighted by Gasteiger charge is 2.31. The Morgan fingerprint density at radius 1 is 1.55 bits per heavy atom. The number of benzene rings is 1. The van der Waals surface area contributed by atoms with Crippen LogP contribution in [0, 0.1) is 12.8 Å². The number of carbonyl (C=O) groups is 1. The molecule has 2 unspecified atom stereocenters. The fourth-order valence-electron chi connectivity index (χ4n) is 3.09. The number of aromatic nitrogens is 1. The number of aliphatic hydroxyl groups excluding tert-OH is 1. The van der Waals surface area contributed by atoms with Crippen LogP contribution in [0.15, 0.2) is 18.2 Å². The number of amides is 2. The van der Waals surface area contributed by atoms with Crippen molar-refractivity contribution in [3.05, 3.63) is 23.2 Å². The SMILES string of the molecule is Cc1nc2ccc(NC(=O)N3CCCC(C)C3CO)cc2s1. The lowest BCUT2D eigenvalue weighted by Gasteiger charge is -2.38. The van der Waals surface area contributed by atoms with Crippen LogP contribution >= 0.6 is 11.3 Å². The minimum Gasteiger partial charge on any atom is -0.394 e. The van der Waals surface area contributed by atoms with E-state index in [9.17, 15) is 9.90 Å². The zero-order valence-electron chi connectivity index (χ0n) is 12.9. The van der Waals surface area contributed by atoms with Crippen LogP contribution in [0.4, 0.5) is 10.5 Å². The van der Waals surface area contributed by atoms with E-state index in [2.05, 4.69) is 17.2 Å². The van der Waals surface area contributed by atoms with E-state index in [0.717, 1.165) is 33.8 Å². The maximum Gasteiger partial charge on any atom is 0.322 e. The highest BCUT2D eigenvalue weighted by atomic mass is 32.1. The molecule has 22 heavy (non-hydrogen) atoms. The average Bonchev–Trinajstić information content (AvgIpc) is 2.86. The molecule has 2 amide bonds. The molecule has 2 heterocycles. The van der Waals surface area contributed by atoms with Gasteiger partial charge >= 0.3 is 6.03 Å². The summed E-state index contributed by atoms with van der Waals surface area (Å²) in [4.78, 5) is 18.7. The lowest BCUT2D eigenvalue weighted by Crippen LogP contribution is -2.51. The van der Waals surface area contributed by atoms with Gasteiger partial charge in [0.1, 0.15) is 0 Å². The van der Waals surface area contributed by atoms with Crippen LogP contribution in [0.5, 0.6) is 0 Å². The van der Waals surface area contributed by atoms with E-state index in [0.29, 0.717) is 12.5 Å². The number of aryl methyl sites for hydroxylation is 1. The number of nitrogens with zero attached hydrogens (tertiary/aromatic N) is 2. The molecule has 1 aliphatic heterocycles. The van der Waals surface area contributed by atoms with Gasteiger partial charge in [0.25, 0.3) is 0 Å². The molecule has 6 heteroatoms. The van der Waals surface area contributed by atoms with Gasteiger partial charge in [0.2, 0.25) is 0 Å². The average molecular weight is 319 g/mol. The van der Waals surface area contributed by atoms with Gasteiger partial charge < -0.3 is 15.3 Å². The van der Waals surface area contributed by atoms with Crippen molar-refractivity contribution >= 4 is 33.3 Å². The van der Waals surface area contributed by atoms with Gasteiger partial charge in [-0.3, -0.25) is 0 Å². The van der Waals surface area contributed by atoms with Crippen LogP contribution < -0.4 is 5.32 Å². The third kappa shape index (κ3) is 2.94. The summed E-state index contributed by atoms with van der Waals surface area (Å²) in [6, 6.07) is 5.53. The number of aliphatic hydroxyl groups is 1. The summed E-state index contributed by atoms with van der Waals surface area (Å²) in [5.41, 5.74) is 1.73. The maximum atomic E-state index is 12.5. The second-order valence-electron chi connectivity index (χ2n) is 5.91. The number of urea groups is 1. The zero-order chi connectivity index (χ0) is 15.7. The summed E-state index contributed by atoms with van der Waals surface area (Å²) in [5.74, 6) is 0.330. The number of fused-ring (bicyclic) bond motifs is 1. The molecule has 0 spiro atoms. The van der Waals surface area contributed by atoms with Gasteiger partial charge in [-0.25, -0.2) is 9.78 Å². The standard InChI is InChI=1S/C16H21N3O2S/c1-10-4-3-7-19(14(10)9-20)16(21)18-12-5-6-13-15(8-12)22-11(2)17-13/h5-6,8,10,14,20H,3-4,7,9H2,1-2H3,(H,18,21). The molecule has 0 saturated carbocycles. The highest BCUT2D eigenvalue weighted by molar-refractivity contribution is 7.18. The first-order chi connectivity index (χ1) is 10.6. The number of rotatable bonds is 2. The number of carbonyl (C=O) groups excluding carboxylic acids is 1. The topological polar surface area (TPSA) is 65.5 Å². The summed E-state index contributed by atoms with van der Waals surface area (Å²) in [6.07, 6.45) is 2.04. The molecule has 0 bridgehead atoms. The van der Waals surface area contributed by atoms with Crippen molar-refractivity contribution < 1.29 is 9.90 Å². The van der Waals surface area contributed by atoms with Crippen molar-refractivity contribution in [3.63, 3.8) is 0 Å². The molecule has 1 fully saturated rings. The molecule has 0 radical (unpaired) electrons. The summed E-state index contributed by atoms with van der Waals surface area (Å²) in [7, 11) is 0. The number of nitrogens with one attached hydrogen (secondary N) is 1. The highest BCUT2D eigenvalue weighted by Crippen LogP contribution is 2.26. The van der Waals surface area contributed by atoms with Crippen LogP contribution in [-0.4, -0.2) is 40.2 Å². The van der Waals surface area contributed by atoms with Gasteiger partial charge in [-0.2, -0.15) is 0 Å². The first-order valence-corrected chi connectivity index (χ1v) is 8.46. The van der Waals surface area contributed by atoms with Gasteiger partial charge in [-0.1, -0.05) is 6.92 Å². The largest absolute Gasteiger partial charge is 0.394 e. The van der Waals surface area contributed by atoms with Crippen LogP contribution in [0.25, 0.3) is 10.2 Å². The monoisotopic (exact) mass is 319 g/mol. The number of anilines is 1. The lowest BCUT2D eigenvalue weighted by molar-refractivity contribution is 0.0811. The molecule has 3 rings (SSSR count). The minimum absolute atomic E-state index is 0.0155. The Labute approximate surface area is 134 Å². The quantitative estimate of drug-likeness (QED) is 0.893. The Bertz CT molecular complexity index is 685. The third-order valence-electron chi connectivity index (χ3n) is 4.31. The van der Waals surface area contributed by atoms with Gasteiger partial charge in [0.15, 0.2) is 0 Å². The predicted octanol–water partition coefficient (Wildman–Crippen LogP) is 3.23. The number of piperidine rings is 1. The summed E-state index contributed by atoms with van der Waals surface area (Å²) in [6.45, 7) is 4.78. The van der Waals surface area contributed by atoms with Gasteiger partial charge in [-0.05, 0) is 43.9 Å². The molecule has 1 aromatic carbocycles. The van der Waals surface area contributed by atoms with E-state index in [4.69, 9.17) is 0 Å². The van der Waals surface area contributed by atoms with Crippen LogP contribution in [-0.2, 0) is 0 Å². The summed E-state index contributed by atoms with van der Waals surface area (Å²) >= 11 is 1.62. The van der Waals surface area contributed by atoms with E-state index in [1.54, 1.807) is 16.2 Å². The van der Waals surface area contributed by atoms with Gasteiger partial charge in [0, 0.05) is 12.2 Å². The van der Waals surface area contributed by atoms with Crippen LogP contribution in [0.2, 0.25) is 0 Å². The van der Waals surface area contributed by atoms with E-state index in [1.807, 2.05) is 25.1 Å². The van der Waals surface area contributed by atoms with E-state index < -0.39 is 0 Å². The van der Waals surface area contributed by atoms with Crippen molar-refractivity contribution in [1.82, 2.24) is 9.88 Å². The number of likely N-dealkylation sites (tertiary alicyclic amines) is 1. The molecule has 5 nitrogen and oxygen atoms in total. The van der Waals surface area contributed by atoms with E-state index >= 15 is 0 Å². The fourth-order valence-corrected chi connectivity index (χ4v) is 3.96. The van der Waals surface area contributed by atoms with Crippen molar-refractivity contribution in [2.24, 2.45) is 5.92 Å². The first kappa shape index (κ1) is 15.2. The van der Waals surface area contributed by atoms with Crippen molar-refractivity contribution in [3.8, 4) is 0 Å². The minimum atomic E-state index is -0.133. The molecule has 1 saturated heterocycles. The second kappa shape index (κ2) is 6.22. The van der Waals surface area contributed by atoms with Crippen molar-refractivity contribution in [1.29, 1.82) is 0 Å². The molecule has 1 aliphatic rings. The molecule has 2 atom stereocenters. The Hall–Kier alpha value is -1.66. The molecule has 2 aromatic rings. The number of hydrogen-bond acceptors (Lipinski definition) is 4. The fraction of sp³-hybridized carbons (Fsp3) is 0.500. The Balaban J connectivity index is 1.76. The smallest absolute Gasteiger partial charge is 0.322 e. The zero-order valence-corrected chi connectivity index (χ0v) is 13.7. The molecular weight excluding hydrogens is 298 g/mol. The lowest BCUT2D eigenvalue weighted by atomic mass is 9.91. The van der Waals surface area contributed by atoms with Crippen molar-refractivity contribution in [2.45, 2.75) is 32.7 Å². The molecule has 118 valence electrons. The van der Waals surface area contributed by atoms with E-state index in [1.165, 1.54) is 0 Å². The van der Waals surface area contributed by atoms with Crippen LogP contribution in [0.3, 0.4) is 0 Å². The summed E-state index contributed by atoms with van der Waals surface area (Å²) < 4.78 is 1.07. The molecule has 2 N–H and O–H groups in total. The normalized spacial score (nSPS) is 22.0. The Morgan fingerprint density at radius 3 is 3.14 bits per heavy atom. The Kier molecular flexibility index (Phi) is 4.31. The Morgan fingerprint density at radius 2 is 2.36 bits per heavy atom. The van der Waals surface area contributed by atoms with Gasteiger partial charge in [0.05, 0.1) is 27.9 Å². The summed E-state index contributed by atoms with van der Waals surface area (Å²) in [5, 5.41) is 13.5. The third-order valence-corrected chi connectivity index (χ3v) is 5.24. The molecule has 1 aromatic heterocycles. The maximum absolute atomic E-state index is 12.5. The predicted molar refractivity (Wildman–Crippen MR) is 89.4 cm³/mol. The van der Waals surface area contributed by atoms with Gasteiger partial charge in [-0.15, -0.1) is 11.3 Å². The molecule has 0 aliphatic carbocycles. The van der Waals surface area contributed by atoms with Crippen LogP contribution in [0.1, 0.15) is 24.8 Å².